The first-order chi connectivity index (χ1) is 11.0. The monoisotopic (exact) mass is 325 g/mol. The van der Waals surface area contributed by atoms with Gasteiger partial charge in [-0.15, -0.1) is 0 Å². The number of ketones is 1. The van der Waals surface area contributed by atoms with Gasteiger partial charge in [0, 0.05) is 24.7 Å². The average Bonchev–Trinajstić information content (AvgIpc) is 3.01. The lowest BCUT2D eigenvalue weighted by atomic mass is 10.1. The number of Topliss-reactive ketones (excluding diaryl/α,β-unsaturated/α-hetero) is 1. The van der Waals surface area contributed by atoms with Crippen LogP contribution < -0.4 is 0 Å². The van der Waals surface area contributed by atoms with Crippen molar-refractivity contribution in [2.24, 2.45) is 0 Å². The molecule has 0 unspecified atom stereocenters. The molecular formula is C17H15N3O2S. The molecule has 0 atom stereocenters. The number of carbonyl (C=O) groups excluding carboxylic acids is 2. The van der Waals surface area contributed by atoms with Crippen molar-refractivity contribution in [2.75, 3.05) is 7.05 Å². The predicted octanol–water partition coefficient (Wildman–Crippen LogP) is 3.17. The molecule has 0 spiro atoms. The fourth-order valence-electron chi connectivity index (χ4n) is 2.36. The molecule has 0 fully saturated rings. The largest absolute Gasteiger partial charge is 0.337 e. The summed E-state index contributed by atoms with van der Waals surface area (Å²) in [7, 11) is 1.74. The zero-order valence-corrected chi connectivity index (χ0v) is 13.6. The van der Waals surface area contributed by atoms with Crippen LogP contribution in [0.3, 0.4) is 0 Å². The van der Waals surface area contributed by atoms with E-state index in [0.717, 1.165) is 16.6 Å². The number of fused-ring (bicyclic) bond motifs is 1. The Morgan fingerprint density at radius 3 is 2.57 bits per heavy atom. The lowest BCUT2D eigenvalue weighted by Gasteiger charge is -2.17. The maximum Gasteiger partial charge on any atom is 0.253 e. The lowest BCUT2D eigenvalue weighted by Crippen LogP contribution is -2.26. The van der Waals surface area contributed by atoms with E-state index in [1.54, 1.807) is 36.2 Å². The number of nitrogens with zero attached hydrogens (tertiary/aromatic N) is 3. The first-order valence-electron chi connectivity index (χ1n) is 7.12. The fourth-order valence-corrected chi connectivity index (χ4v) is 2.88. The average molecular weight is 325 g/mol. The van der Waals surface area contributed by atoms with E-state index >= 15 is 0 Å². The molecule has 0 aliphatic carbocycles. The molecule has 0 N–H and O–H groups in total. The van der Waals surface area contributed by atoms with Gasteiger partial charge in [-0.05, 0) is 36.8 Å². The summed E-state index contributed by atoms with van der Waals surface area (Å²) in [6.07, 6.45) is 0. The summed E-state index contributed by atoms with van der Waals surface area (Å²) in [5.74, 6) is -0.173. The molecule has 3 aromatic rings. The summed E-state index contributed by atoms with van der Waals surface area (Å²) in [5.41, 5.74) is 3.74. The van der Waals surface area contributed by atoms with E-state index in [0.29, 0.717) is 17.7 Å². The van der Waals surface area contributed by atoms with Crippen molar-refractivity contribution in [3.05, 3.63) is 59.2 Å². The second-order valence-electron chi connectivity index (χ2n) is 5.39. The van der Waals surface area contributed by atoms with Gasteiger partial charge in [-0.3, -0.25) is 9.59 Å². The Bertz CT molecular complexity index is 888. The highest BCUT2D eigenvalue weighted by atomic mass is 32.1. The summed E-state index contributed by atoms with van der Waals surface area (Å²) in [5, 5.41) is 0. The van der Waals surface area contributed by atoms with Crippen molar-refractivity contribution in [1.29, 1.82) is 0 Å². The van der Waals surface area contributed by atoms with E-state index < -0.39 is 0 Å². The van der Waals surface area contributed by atoms with Crippen molar-refractivity contribution in [3.63, 3.8) is 0 Å². The van der Waals surface area contributed by atoms with Crippen molar-refractivity contribution in [2.45, 2.75) is 13.5 Å². The quantitative estimate of drug-likeness (QED) is 0.691. The number of aromatic nitrogens is 2. The van der Waals surface area contributed by atoms with E-state index in [9.17, 15) is 9.59 Å². The number of hydrogen-bond donors (Lipinski definition) is 0. The van der Waals surface area contributed by atoms with Crippen LogP contribution in [0.25, 0.3) is 11.0 Å². The molecule has 23 heavy (non-hydrogen) atoms. The third kappa shape index (κ3) is 3.27. The van der Waals surface area contributed by atoms with Crippen molar-refractivity contribution in [3.8, 4) is 0 Å². The zero-order chi connectivity index (χ0) is 16.4. The predicted molar refractivity (Wildman–Crippen MR) is 89.7 cm³/mol. The summed E-state index contributed by atoms with van der Waals surface area (Å²) < 4.78 is 8.38. The highest BCUT2D eigenvalue weighted by Gasteiger charge is 2.14. The van der Waals surface area contributed by atoms with Crippen LogP contribution in [-0.4, -0.2) is 32.4 Å². The van der Waals surface area contributed by atoms with E-state index in [2.05, 4.69) is 8.75 Å². The van der Waals surface area contributed by atoms with Gasteiger partial charge in [0.15, 0.2) is 5.78 Å². The van der Waals surface area contributed by atoms with Crippen LogP contribution in [0.5, 0.6) is 0 Å². The highest BCUT2D eigenvalue weighted by molar-refractivity contribution is 7.00. The van der Waals surface area contributed by atoms with Crippen LogP contribution in [-0.2, 0) is 6.54 Å². The van der Waals surface area contributed by atoms with Gasteiger partial charge in [0.1, 0.15) is 11.0 Å². The van der Waals surface area contributed by atoms with Gasteiger partial charge in [0.25, 0.3) is 5.91 Å². The van der Waals surface area contributed by atoms with Crippen molar-refractivity contribution in [1.82, 2.24) is 13.6 Å². The molecule has 1 amide bonds. The van der Waals surface area contributed by atoms with E-state index in [4.69, 9.17) is 0 Å². The Kier molecular flexibility index (Phi) is 4.16. The van der Waals surface area contributed by atoms with E-state index in [1.165, 1.54) is 18.7 Å². The number of carbonyl (C=O) groups is 2. The minimum atomic E-state index is -0.121. The molecule has 0 radical (unpaired) electrons. The van der Waals surface area contributed by atoms with Crippen molar-refractivity contribution < 1.29 is 9.59 Å². The molecule has 0 aliphatic heterocycles. The van der Waals surface area contributed by atoms with Crippen molar-refractivity contribution >= 4 is 34.5 Å². The highest BCUT2D eigenvalue weighted by Crippen LogP contribution is 2.16. The lowest BCUT2D eigenvalue weighted by molar-refractivity contribution is 0.0785. The van der Waals surface area contributed by atoms with E-state index in [-0.39, 0.29) is 11.7 Å². The first kappa shape index (κ1) is 15.3. The maximum absolute atomic E-state index is 12.5. The van der Waals surface area contributed by atoms with Crippen LogP contribution in [0.2, 0.25) is 0 Å². The minimum absolute atomic E-state index is 0.0520. The molecule has 0 saturated heterocycles. The molecule has 2 aromatic carbocycles. The van der Waals surface area contributed by atoms with Gasteiger partial charge in [-0.1, -0.05) is 18.2 Å². The normalized spacial score (nSPS) is 10.7. The van der Waals surface area contributed by atoms with Crippen LogP contribution in [0.1, 0.15) is 33.2 Å². The van der Waals surface area contributed by atoms with Gasteiger partial charge in [0.05, 0.1) is 11.7 Å². The van der Waals surface area contributed by atoms with Gasteiger partial charge in [-0.25, -0.2) is 0 Å². The third-order valence-corrected chi connectivity index (χ3v) is 4.16. The molecule has 1 heterocycles. The maximum atomic E-state index is 12.5. The second-order valence-corrected chi connectivity index (χ2v) is 5.91. The summed E-state index contributed by atoms with van der Waals surface area (Å²) in [4.78, 5) is 25.6. The van der Waals surface area contributed by atoms with Crippen LogP contribution >= 0.6 is 11.7 Å². The SMILES string of the molecule is CC(=O)c1cccc(C(=O)N(C)Cc2ccc3nsnc3c2)c1. The number of hydrogen-bond acceptors (Lipinski definition) is 5. The third-order valence-electron chi connectivity index (χ3n) is 3.60. The molecule has 116 valence electrons. The smallest absolute Gasteiger partial charge is 0.253 e. The Morgan fingerprint density at radius 2 is 1.78 bits per heavy atom. The second kappa shape index (κ2) is 6.26. The van der Waals surface area contributed by atoms with Crippen LogP contribution in [0.4, 0.5) is 0 Å². The van der Waals surface area contributed by atoms with Gasteiger partial charge in [-0.2, -0.15) is 8.75 Å². The molecule has 0 aliphatic rings. The number of amides is 1. The Labute approximate surface area is 137 Å². The topological polar surface area (TPSA) is 63.2 Å². The Balaban J connectivity index is 1.79. The molecular weight excluding hydrogens is 310 g/mol. The number of benzene rings is 2. The fraction of sp³-hybridized carbons (Fsp3) is 0.176. The molecule has 6 heteroatoms. The summed E-state index contributed by atoms with van der Waals surface area (Å²) >= 11 is 1.18. The van der Waals surface area contributed by atoms with Gasteiger partial charge in [0.2, 0.25) is 0 Å². The summed E-state index contributed by atoms with van der Waals surface area (Å²) in [6.45, 7) is 1.96. The van der Waals surface area contributed by atoms with Gasteiger partial charge >= 0.3 is 0 Å². The molecule has 1 aromatic heterocycles. The van der Waals surface area contributed by atoms with Gasteiger partial charge < -0.3 is 4.90 Å². The van der Waals surface area contributed by atoms with Crippen LogP contribution in [0.15, 0.2) is 42.5 Å². The molecule has 3 rings (SSSR count). The molecule has 5 nitrogen and oxygen atoms in total. The Morgan fingerprint density at radius 1 is 1.04 bits per heavy atom. The minimum Gasteiger partial charge on any atom is -0.337 e. The van der Waals surface area contributed by atoms with E-state index in [1.807, 2.05) is 18.2 Å². The number of rotatable bonds is 4. The standard InChI is InChI=1S/C17H15N3O2S/c1-11(21)13-4-3-5-14(9-13)17(22)20(2)10-12-6-7-15-16(8-12)19-23-18-15/h3-9H,10H2,1-2H3. The zero-order valence-electron chi connectivity index (χ0n) is 12.8. The Hall–Kier alpha value is -2.60. The molecule has 0 bridgehead atoms. The summed E-state index contributed by atoms with van der Waals surface area (Å²) in [6, 6.07) is 12.6. The van der Waals surface area contributed by atoms with Crippen LogP contribution in [0, 0.1) is 0 Å². The first-order valence-corrected chi connectivity index (χ1v) is 7.85. The molecule has 0 saturated carbocycles.